The Morgan fingerprint density at radius 1 is 1.12 bits per heavy atom. The first kappa shape index (κ1) is 25.4. The summed E-state index contributed by atoms with van der Waals surface area (Å²) in [5.74, 6) is -2.50. The predicted octanol–water partition coefficient (Wildman–Crippen LogP) is 3.10. The van der Waals surface area contributed by atoms with E-state index < -0.39 is 24.3 Å². The molecule has 7 heteroatoms. The number of aliphatic hydroxyl groups excluding tert-OH is 2. The van der Waals surface area contributed by atoms with E-state index in [0.29, 0.717) is 22.4 Å². The molecule has 0 amide bonds. The van der Waals surface area contributed by atoms with Crippen molar-refractivity contribution in [1.29, 1.82) is 0 Å². The van der Waals surface area contributed by atoms with Gasteiger partial charge >= 0.3 is 0 Å². The smallest absolute Gasteiger partial charge is 0.141 e. The first-order chi connectivity index (χ1) is 15.0. The number of carbonyl (C=O) groups excluding carboxylic acids is 2. The zero-order valence-corrected chi connectivity index (χ0v) is 18.8. The van der Waals surface area contributed by atoms with Gasteiger partial charge in [0.15, 0.2) is 0 Å². The summed E-state index contributed by atoms with van der Waals surface area (Å²) in [4.78, 5) is 27.1. The van der Waals surface area contributed by atoms with E-state index >= 15 is 0 Å². The van der Waals surface area contributed by atoms with E-state index in [4.69, 9.17) is 4.98 Å². The predicted molar refractivity (Wildman–Crippen MR) is 118 cm³/mol. The molecule has 0 bridgehead atoms. The van der Waals surface area contributed by atoms with Crippen LogP contribution in [0.25, 0.3) is 17.3 Å². The number of pyridine rings is 1. The van der Waals surface area contributed by atoms with Gasteiger partial charge in [-0.05, 0) is 41.7 Å². The molecule has 172 valence electrons. The number of nitrogens with zero attached hydrogens (tertiary/aromatic N) is 1. The second-order valence-electron chi connectivity index (χ2n) is 8.34. The van der Waals surface area contributed by atoms with Gasteiger partial charge in [0.25, 0.3) is 0 Å². The summed E-state index contributed by atoms with van der Waals surface area (Å²) in [5, 5.41) is 31.0. The molecule has 0 aliphatic carbocycles. The minimum Gasteiger partial charge on any atom is -0.550 e. The quantitative estimate of drug-likeness (QED) is 0.547. The lowest BCUT2D eigenvalue weighted by Crippen LogP contribution is -2.26. The summed E-state index contributed by atoms with van der Waals surface area (Å²) in [6, 6.07) is 5.90. The maximum Gasteiger partial charge on any atom is 0.141 e. The molecule has 1 aromatic heterocycles. The van der Waals surface area contributed by atoms with E-state index in [9.17, 15) is 29.3 Å². The maximum atomic E-state index is 13.5. The van der Waals surface area contributed by atoms with Crippen molar-refractivity contribution in [2.45, 2.75) is 65.1 Å². The van der Waals surface area contributed by atoms with Crippen LogP contribution in [0.5, 0.6) is 0 Å². The van der Waals surface area contributed by atoms with E-state index in [1.54, 1.807) is 18.2 Å². The number of halogens is 1. The number of aromatic nitrogens is 1. The monoisotopic (exact) mass is 442 g/mol. The highest BCUT2D eigenvalue weighted by Gasteiger charge is 2.22. The molecule has 0 aliphatic heterocycles. The van der Waals surface area contributed by atoms with Crippen molar-refractivity contribution >= 4 is 17.8 Å². The van der Waals surface area contributed by atoms with Gasteiger partial charge in [-0.25, -0.2) is 4.39 Å². The molecular formula is C25H29FNO5-. The van der Waals surface area contributed by atoms with E-state index in [0.717, 1.165) is 11.3 Å². The fourth-order valence-electron chi connectivity index (χ4n) is 3.72. The average Bonchev–Trinajstić information content (AvgIpc) is 2.70. The number of benzene rings is 1. The Labute approximate surface area is 187 Å². The Hall–Kier alpha value is -2.90. The van der Waals surface area contributed by atoms with Crippen LogP contribution in [0.1, 0.15) is 74.8 Å². The van der Waals surface area contributed by atoms with Crippen molar-refractivity contribution in [3.05, 3.63) is 58.5 Å². The number of hydrogen-bond acceptors (Lipinski definition) is 6. The molecule has 0 saturated heterocycles. The summed E-state index contributed by atoms with van der Waals surface area (Å²) >= 11 is 0. The van der Waals surface area contributed by atoms with Crippen LogP contribution < -0.4 is 5.11 Å². The average molecular weight is 443 g/mol. The number of aliphatic hydroxyl groups is 2. The Balaban J connectivity index is 2.65. The summed E-state index contributed by atoms with van der Waals surface area (Å²) in [6.45, 7) is 7.68. The van der Waals surface area contributed by atoms with Gasteiger partial charge in [0.05, 0.1) is 18.4 Å². The van der Waals surface area contributed by atoms with Gasteiger partial charge in [-0.3, -0.25) is 9.78 Å². The molecule has 2 rings (SSSR count). The van der Waals surface area contributed by atoms with Crippen LogP contribution in [-0.4, -0.2) is 33.1 Å². The first-order valence-electron chi connectivity index (χ1n) is 10.6. The fraction of sp³-hybridized carbons (Fsp3) is 0.400. The number of carboxylic acids is 1. The lowest BCUT2D eigenvalue weighted by atomic mass is 9.86. The Bertz CT molecular complexity index is 996. The lowest BCUT2D eigenvalue weighted by molar-refractivity contribution is -0.304. The SMILES string of the molecule is CC(C)c1nc(-c2ccc(F)cc2)c(/C=C/C(O)CC(=O)CC(=O)[O-])c(C(C)C)c1CO. The Kier molecular flexibility index (Phi) is 8.80. The topological polar surface area (TPSA) is 111 Å². The molecule has 0 radical (unpaired) electrons. The molecule has 32 heavy (non-hydrogen) atoms. The normalized spacial score (nSPS) is 12.7. The van der Waals surface area contributed by atoms with Crippen molar-refractivity contribution < 1.29 is 29.3 Å². The van der Waals surface area contributed by atoms with Crippen molar-refractivity contribution in [1.82, 2.24) is 4.98 Å². The second kappa shape index (κ2) is 11.1. The highest BCUT2D eigenvalue weighted by molar-refractivity contribution is 5.94. The third-order valence-electron chi connectivity index (χ3n) is 5.08. The van der Waals surface area contributed by atoms with Crippen LogP contribution >= 0.6 is 0 Å². The van der Waals surface area contributed by atoms with Crippen molar-refractivity contribution in [2.24, 2.45) is 0 Å². The van der Waals surface area contributed by atoms with Gasteiger partial charge in [-0.2, -0.15) is 0 Å². The summed E-state index contributed by atoms with van der Waals surface area (Å²) in [7, 11) is 0. The third kappa shape index (κ3) is 6.31. The van der Waals surface area contributed by atoms with Gasteiger partial charge in [-0.1, -0.05) is 39.8 Å². The number of rotatable bonds is 10. The van der Waals surface area contributed by atoms with Gasteiger partial charge in [0, 0.05) is 41.2 Å². The molecule has 1 aromatic carbocycles. The molecule has 1 atom stereocenters. The molecule has 0 spiro atoms. The largest absolute Gasteiger partial charge is 0.550 e. The van der Waals surface area contributed by atoms with E-state index in [2.05, 4.69) is 0 Å². The van der Waals surface area contributed by atoms with Crippen molar-refractivity contribution in [2.75, 3.05) is 0 Å². The summed E-state index contributed by atoms with van der Waals surface area (Å²) < 4.78 is 13.5. The molecule has 1 heterocycles. The first-order valence-corrected chi connectivity index (χ1v) is 10.6. The molecule has 2 aromatic rings. The minimum atomic E-state index is -1.49. The number of carbonyl (C=O) groups is 2. The van der Waals surface area contributed by atoms with Crippen molar-refractivity contribution in [3.63, 3.8) is 0 Å². The molecule has 2 N–H and O–H groups in total. The maximum absolute atomic E-state index is 13.5. The molecule has 0 aliphatic rings. The van der Waals surface area contributed by atoms with Gasteiger partial charge in [0.2, 0.25) is 0 Å². The van der Waals surface area contributed by atoms with Gasteiger partial charge in [-0.15, -0.1) is 0 Å². The highest BCUT2D eigenvalue weighted by atomic mass is 19.1. The van der Waals surface area contributed by atoms with Crippen LogP contribution in [0.4, 0.5) is 4.39 Å². The molecule has 0 fully saturated rings. The lowest BCUT2D eigenvalue weighted by Gasteiger charge is -2.23. The molecular weight excluding hydrogens is 413 g/mol. The van der Waals surface area contributed by atoms with E-state index in [1.807, 2.05) is 27.7 Å². The third-order valence-corrected chi connectivity index (χ3v) is 5.08. The number of aliphatic carboxylic acids is 1. The van der Waals surface area contributed by atoms with Crippen LogP contribution in [0.3, 0.4) is 0 Å². The van der Waals surface area contributed by atoms with Crippen LogP contribution in [0.15, 0.2) is 30.3 Å². The Morgan fingerprint density at radius 2 is 1.75 bits per heavy atom. The van der Waals surface area contributed by atoms with Crippen LogP contribution in [0.2, 0.25) is 0 Å². The molecule has 0 saturated carbocycles. The molecule has 6 nitrogen and oxygen atoms in total. The molecule has 1 unspecified atom stereocenters. The second-order valence-corrected chi connectivity index (χ2v) is 8.34. The Morgan fingerprint density at radius 3 is 2.25 bits per heavy atom. The van der Waals surface area contributed by atoms with Crippen LogP contribution in [-0.2, 0) is 16.2 Å². The summed E-state index contributed by atoms with van der Waals surface area (Å²) in [6.07, 6.45) is 0.700. The zero-order valence-electron chi connectivity index (χ0n) is 18.8. The van der Waals surface area contributed by atoms with Crippen LogP contribution in [0, 0.1) is 5.82 Å². The number of hydrogen-bond donors (Lipinski definition) is 2. The van der Waals surface area contributed by atoms with Gasteiger partial charge in [0.1, 0.15) is 11.6 Å². The summed E-state index contributed by atoms with van der Waals surface area (Å²) in [5.41, 5.74) is 4.16. The zero-order chi connectivity index (χ0) is 24.0. The van der Waals surface area contributed by atoms with E-state index in [1.165, 1.54) is 18.2 Å². The number of carboxylic acid groups (broad SMARTS) is 1. The highest BCUT2D eigenvalue weighted by Crippen LogP contribution is 2.36. The fourth-order valence-corrected chi connectivity index (χ4v) is 3.72. The minimum absolute atomic E-state index is 0.00615. The standard InChI is InChI=1S/C25H30FNO5/c1-14(2)23-20(10-9-18(29)11-19(30)12-22(31)32)25(16-5-7-17(26)8-6-16)27-24(15(3)4)21(23)13-28/h5-10,14-15,18,28-29H,11-13H2,1-4H3,(H,31,32)/p-1/b10-9+. The number of Topliss-reactive ketones (excluding diaryl/α,β-unsaturated/α-hetero) is 1. The van der Waals surface area contributed by atoms with E-state index in [-0.39, 0.29) is 30.7 Å². The number of ketones is 1. The van der Waals surface area contributed by atoms with Gasteiger partial charge < -0.3 is 20.1 Å². The van der Waals surface area contributed by atoms with Crippen molar-refractivity contribution in [3.8, 4) is 11.3 Å².